The normalized spacial score (nSPS) is 16.5. The van der Waals surface area contributed by atoms with Crippen LogP contribution < -0.4 is 4.90 Å². The summed E-state index contributed by atoms with van der Waals surface area (Å²) in [5.41, 5.74) is 5.91. The summed E-state index contributed by atoms with van der Waals surface area (Å²) in [6, 6.07) is 21.2. The maximum Gasteiger partial charge on any atom is 0.157 e. The lowest BCUT2D eigenvalue weighted by Crippen LogP contribution is -2.32. The first kappa shape index (κ1) is 19.8. The van der Waals surface area contributed by atoms with Crippen LogP contribution in [0.5, 0.6) is 0 Å². The van der Waals surface area contributed by atoms with Crippen LogP contribution in [0.25, 0.3) is 39.0 Å². The fourth-order valence-electron chi connectivity index (χ4n) is 5.17. The minimum Gasteiger partial charge on any atom is -0.456 e. The second-order valence-electron chi connectivity index (χ2n) is 9.07. The molecule has 1 atom stereocenters. The molecule has 0 N–H and O–H groups in total. The van der Waals surface area contributed by atoms with Crippen molar-refractivity contribution in [3.05, 3.63) is 65.7 Å². The quantitative estimate of drug-likeness (QED) is 0.389. The third kappa shape index (κ3) is 2.93. The molecular formula is C27H25N5O. The van der Waals surface area contributed by atoms with E-state index in [1.54, 1.807) is 0 Å². The van der Waals surface area contributed by atoms with Crippen LogP contribution in [0.3, 0.4) is 0 Å². The molecule has 5 aromatic rings. The van der Waals surface area contributed by atoms with Gasteiger partial charge in [-0.3, -0.25) is 4.40 Å². The van der Waals surface area contributed by atoms with E-state index in [4.69, 9.17) is 9.40 Å². The molecule has 0 saturated carbocycles. The molecule has 0 spiro atoms. The van der Waals surface area contributed by atoms with Gasteiger partial charge in [0.15, 0.2) is 5.65 Å². The highest BCUT2D eigenvalue weighted by Crippen LogP contribution is 2.42. The average Bonchev–Trinajstić information content (AvgIpc) is 3.54. The van der Waals surface area contributed by atoms with Crippen LogP contribution in [0.1, 0.15) is 17.5 Å². The Morgan fingerprint density at radius 3 is 2.67 bits per heavy atom. The van der Waals surface area contributed by atoms with Crippen LogP contribution in [0, 0.1) is 18.3 Å². The number of para-hydroxylation sites is 3. The second kappa shape index (κ2) is 7.36. The number of likely N-dealkylation sites (N-methyl/N-ethyl adjacent to an activating group) is 1. The monoisotopic (exact) mass is 435 g/mol. The van der Waals surface area contributed by atoms with E-state index in [2.05, 4.69) is 52.6 Å². The van der Waals surface area contributed by atoms with Crippen molar-refractivity contribution in [3.63, 3.8) is 0 Å². The number of imidazole rings is 1. The van der Waals surface area contributed by atoms with Gasteiger partial charge in [0.1, 0.15) is 23.2 Å². The van der Waals surface area contributed by atoms with Gasteiger partial charge in [0.05, 0.1) is 22.2 Å². The number of nitrogens with zero attached hydrogens (tertiary/aromatic N) is 5. The van der Waals surface area contributed by atoms with Gasteiger partial charge in [-0.15, -0.1) is 0 Å². The molecule has 0 radical (unpaired) electrons. The van der Waals surface area contributed by atoms with Gasteiger partial charge in [-0.25, -0.2) is 4.98 Å². The number of hydrogen-bond donors (Lipinski definition) is 0. The van der Waals surface area contributed by atoms with E-state index in [1.807, 2.05) is 43.3 Å². The molecule has 164 valence electrons. The summed E-state index contributed by atoms with van der Waals surface area (Å²) in [6.45, 7) is 3.86. The molecule has 6 nitrogen and oxygen atoms in total. The summed E-state index contributed by atoms with van der Waals surface area (Å²) in [4.78, 5) is 9.61. The number of benzene rings is 2. The van der Waals surface area contributed by atoms with Crippen LogP contribution in [-0.4, -0.2) is 47.5 Å². The first-order valence-corrected chi connectivity index (χ1v) is 11.3. The van der Waals surface area contributed by atoms with E-state index in [9.17, 15) is 5.26 Å². The highest BCUT2D eigenvalue weighted by molar-refractivity contribution is 5.93. The zero-order valence-corrected chi connectivity index (χ0v) is 19.0. The van der Waals surface area contributed by atoms with Gasteiger partial charge in [0.2, 0.25) is 0 Å². The van der Waals surface area contributed by atoms with Crippen molar-refractivity contribution in [1.29, 1.82) is 5.26 Å². The molecule has 2 aromatic carbocycles. The molecular weight excluding hydrogens is 410 g/mol. The second-order valence-corrected chi connectivity index (χ2v) is 9.07. The van der Waals surface area contributed by atoms with Crippen molar-refractivity contribution >= 4 is 33.5 Å². The van der Waals surface area contributed by atoms with Gasteiger partial charge < -0.3 is 14.2 Å². The summed E-state index contributed by atoms with van der Waals surface area (Å²) in [5, 5.41) is 11.2. The summed E-state index contributed by atoms with van der Waals surface area (Å²) < 4.78 is 8.53. The Hall–Kier alpha value is -3.82. The summed E-state index contributed by atoms with van der Waals surface area (Å²) in [7, 11) is 4.28. The molecule has 3 aromatic heterocycles. The van der Waals surface area contributed by atoms with E-state index in [-0.39, 0.29) is 0 Å². The Balaban J connectivity index is 1.74. The third-order valence-corrected chi connectivity index (χ3v) is 6.95. The van der Waals surface area contributed by atoms with E-state index in [0.717, 1.165) is 64.2 Å². The third-order valence-electron chi connectivity index (χ3n) is 6.95. The average molecular weight is 436 g/mol. The molecule has 4 heterocycles. The lowest BCUT2D eigenvalue weighted by atomic mass is 10.0. The van der Waals surface area contributed by atoms with Gasteiger partial charge in [0.25, 0.3) is 0 Å². The fourth-order valence-corrected chi connectivity index (χ4v) is 5.17. The first-order chi connectivity index (χ1) is 16.1. The van der Waals surface area contributed by atoms with Gasteiger partial charge in [-0.05, 0) is 57.3 Å². The van der Waals surface area contributed by atoms with Crippen molar-refractivity contribution < 1.29 is 4.42 Å². The lowest BCUT2D eigenvalue weighted by molar-refractivity contribution is 0.315. The van der Waals surface area contributed by atoms with Crippen LogP contribution in [0.4, 0.5) is 5.82 Å². The summed E-state index contributed by atoms with van der Waals surface area (Å²) >= 11 is 0. The molecule has 6 heteroatoms. The number of nitriles is 1. The zero-order chi connectivity index (χ0) is 22.7. The Morgan fingerprint density at radius 2 is 1.91 bits per heavy atom. The number of furan rings is 1. The van der Waals surface area contributed by atoms with Crippen LogP contribution >= 0.6 is 0 Å². The largest absolute Gasteiger partial charge is 0.456 e. The predicted molar refractivity (Wildman–Crippen MR) is 132 cm³/mol. The number of hydrogen-bond acceptors (Lipinski definition) is 5. The molecule has 1 aliphatic rings. The predicted octanol–water partition coefficient (Wildman–Crippen LogP) is 5.22. The highest BCUT2D eigenvalue weighted by Gasteiger charge is 2.32. The van der Waals surface area contributed by atoms with Crippen molar-refractivity contribution in [2.75, 3.05) is 32.1 Å². The molecule has 0 unspecified atom stereocenters. The molecule has 33 heavy (non-hydrogen) atoms. The number of aromatic nitrogens is 2. The lowest BCUT2D eigenvalue weighted by Gasteiger charge is -2.26. The number of pyridine rings is 1. The topological polar surface area (TPSA) is 60.7 Å². The van der Waals surface area contributed by atoms with Gasteiger partial charge in [0, 0.05) is 24.5 Å². The fraction of sp³-hybridized carbons (Fsp3) is 0.259. The number of rotatable bonds is 3. The van der Waals surface area contributed by atoms with Gasteiger partial charge in [-0.2, -0.15) is 5.26 Å². The molecule has 0 amide bonds. The molecule has 1 fully saturated rings. The summed E-state index contributed by atoms with van der Waals surface area (Å²) in [5.74, 6) is 1.84. The molecule has 6 rings (SSSR count). The van der Waals surface area contributed by atoms with E-state index in [0.29, 0.717) is 17.3 Å². The number of fused-ring (bicyclic) bond motifs is 4. The Morgan fingerprint density at radius 1 is 1.12 bits per heavy atom. The standard InChI is InChI=1S/C27H25N5O/c1-17-20(15-28)26-29-21-9-5-6-10-22(21)32(26)27(31-13-12-19(16-31)30(2)3)25(17)24-14-18-8-4-7-11-23(18)33-24/h4-11,14,19H,12-13,16H2,1-3H3/t19-/m0/s1. The Labute approximate surface area is 192 Å². The van der Waals surface area contributed by atoms with E-state index >= 15 is 0 Å². The van der Waals surface area contributed by atoms with E-state index in [1.165, 1.54) is 0 Å². The number of anilines is 1. The molecule has 0 aliphatic carbocycles. The Bertz CT molecular complexity index is 1540. The smallest absolute Gasteiger partial charge is 0.157 e. The maximum atomic E-state index is 10.2. The van der Waals surface area contributed by atoms with Crippen LogP contribution in [-0.2, 0) is 0 Å². The van der Waals surface area contributed by atoms with Crippen molar-refractivity contribution in [2.45, 2.75) is 19.4 Å². The Kier molecular flexibility index (Phi) is 4.42. The highest BCUT2D eigenvalue weighted by atomic mass is 16.3. The minimum atomic E-state index is 0.467. The van der Waals surface area contributed by atoms with Crippen LogP contribution in [0.2, 0.25) is 0 Å². The minimum absolute atomic E-state index is 0.467. The summed E-state index contributed by atoms with van der Waals surface area (Å²) in [6.07, 6.45) is 1.08. The van der Waals surface area contributed by atoms with Crippen molar-refractivity contribution in [3.8, 4) is 17.4 Å². The first-order valence-electron chi connectivity index (χ1n) is 11.3. The maximum absolute atomic E-state index is 10.2. The molecule has 1 aliphatic heterocycles. The zero-order valence-electron chi connectivity index (χ0n) is 19.0. The van der Waals surface area contributed by atoms with Crippen LogP contribution in [0.15, 0.2) is 59.0 Å². The van der Waals surface area contributed by atoms with Gasteiger partial charge >= 0.3 is 0 Å². The van der Waals surface area contributed by atoms with Crippen molar-refractivity contribution in [2.24, 2.45) is 0 Å². The van der Waals surface area contributed by atoms with Crippen molar-refractivity contribution in [1.82, 2.24) is 14.3 Å². The molecule has 1 saturated heterocycles. The SMILES string of the molecule is Cc1c(-c2cc3ccccc3o2)c(N2CC[C@H](N(C)C)C2)n2c(nc3ccccc32)c1C#N. The molecule has 0 bridgehead atoms. The van der Waals surface area contributed by atoms with E-state index < -0.39 is 0 Å². The van der Waals surface area contributed by atoms with Gasteiger partial charge in [-0.1, -0.05) is 30.3 Å².